The monoisotopic (exact) mass is 202 g/mol. The van der Waals surface area contributed by atoms with Gasteiger partial charge in [-0.1, -0.05) is 6.07 Å². The second kappa shape index (κ2) is 3.53. The van der Waals surface area contributed by atoms with Gasteiger partial charge in [-0.15, -0.1) is 0 Å². The lowest BCUT2D eigenvalue weighted by atomic mass is 10.0. The molecule has 0 radical (unpaired) electrons. The highest BCUT2D eigenvalue weighted by atomic mass is 14.9. The van der Waals surface area contributed by atoms with Gasteiger partial charge in [0.2, 0.25) is 0 Å². The molecule has 1 fully saturated rings. The Balaban J connectivity index is 1.81. The van der Waals surface area contributed by atoms with Crippen molar-refractivity contribution in [3.63, 3.8) is 0 Å². The average molecular weight is 202 g/mol. The predicted octanol–water partition coefficient (Wildman–Crippen LogP) is 2.08. The lowest BCUT2D eigenvalue weighted by Crippen LogP contribution is -2.29. The third-order valence-corrected chi connectivity index (χ3v) is 3.70. The van der Waals surface area contributed by atoms with Gasteiger partial charge in [-0.3, -0.25) is 0 Å². The van der Waals surface area contributed by atoms with Crippen molar-refractivity contribution in [1.82, 2.24) is 5.32 Å². The zero-order chi connectivity index (χ0) is 10.3. The lowest BCUT2D eigenvalue weighted by molar-refractivity contribution is 0.447. The summed E-state index contributed by atoms with van der Waals surface area (Å²) in [4.78, 5) is 0. The molecule has 80 valence electrons. The molecule has 3 N–H and O–H groups in total. The minimum absolute atomic E-state index is 0.749. The Kier molecular flexibility index (Phi) is 2.17. The van der Waals surface area contributed by atoms with E-state index in [0.29, 0.717) is 0 Å². The molecule has 1 aliphatic carbocycles. The SMILES string of the molecule is Nc1ccc2c(c1)CCC(C1CC1)NC2. The lowest BCUT2D eigenvalue weighted by Gasteiger charge is -2.13. The van der Waals surface area contributed by atoms with E-state index in [0.717, 1.165) is 24.2 Å². The van der Waals surface area contributed by atoms with Crippen LogP contribution in [0, 0.1) is 5.92 Å². The molecular weight excluding hydrogens is 184 g/mol. The quantitative estimate of drug-likeness (QED) is 0.684. The minimum Gasteiger partial charge on any atom is -0.399 e. The van der Waals surface area contributed by atoms with E-state index in [-0.39, 0.29) is 0 Å². The van der Waals surface area contributed by atoms with Gasteiger partial charge in [-0.2, -0.15) is 0 Å². The molecule has 0 amide bonds. The van der Waals surface area contributed by atoms with Gasteiger partial charge in [-0.05, 0) is 54.9 Å². The van der Waals surface area contributed by atoms with Crippen LogP contribution in [-0.2, 0) is 13.0 Å². The van der Waals surface area contributed by atoms with Crippen LogP contribution in [0.5, 0.6) is 0 Å². The van der Waals surface area contributed by atoms with Crippen molar-refractivity contribution in [2.45, 2.75) is 38.3 Å². The Morgan fingerprint density at radius 1 is 1.13 bits per heavy atom. The van der Waals surface area contributed by atoms with Crippen molar-refractivity contribution < 1.29 is 0 Å². The Morgan fingerprint density at radius 3 is 2.80 bits per heavy atom. The van der Waals surface area contributed by atoms with Gasteiger partial charge in [0.25, 0.3) is 0 Å². The second-order valence-corrected chi connectivity index (χ2v) is 4.89. The van der Waals surface area contributed by atoms with E-state index >= 15 is 0 Å². The number of hydrogen-bond donors (Lipinski definition) is 2. The summed E-state index contributed by atoms with van der Waals surface area (Å²) >= 11 is 0. The van der Waals surface area contributed by atoms with Crippen LogP contribution < -0.4 is 11.1 Å². The van der Waals surface area contributed by atoms with Crippen molar-refractivity contribution in [2.24, 2.45) is 5.92 Å². The molecule has 1 aliphatic heterocycles. The highest BCUT2D eigenvalue weighted by Gasteiger charge is 2.31. The first-order valence-corrected chi connectivity index (χ1v) is 5.93. The van der Waals surface area contributed by atoms with Gasteiger partial charge in [0.15, 0.2) is 0 Å². The number of hydrogen-bond acceptors (Lipinski definition) is 2. The van der Waals surface area contributed by atoms with Gasteiger partial charge in [0, 0.05) is 18.3 Å². The summed E-state index contributed by atoms with van der Waals surface area (Å²) < 4.78 is 0. The third-order valence-electron chi connectivity index (χ3n) is 3.70. The largest absolute Gasteiger partial charge is 0.399 e. The van der Waals surface area contributed by atoms with Crippen LogP contribution in [0.3, 0.4) is 0 Å². The Bertz CT molecular complexity index is 369. The van der Waals surface area contributed by atoms with Gasteiger partial charge in [0.05, 0.1) is 0 Å². The molecule has 1 saturated carbocycles. The zero-order valence-electron chi connectivity index (χ0n) is 9.00. The minimum atomic E-state index is 0.749. The van der Waals surface area contributed by atoms with Gasteiger partial charge >= 0.3 is 0 Å². The van der Waals surface area contributed by atoms with Crippen molar-refractivity contribution in [3.05, 3.63) is 29.3 Å². The number of nitrogens with two attached hydrogens (primary N) is 1. The van der Waals surface area contributed by atoms with Crippen LogP contribution in [0.25, 0.3) is 0 Å². The van der Waals surface area contributed by atoms with Crippen molar-refractivity contribution in [3.8, 4) is 0 Å². The fraction of sp³-hybridized carbons (Fsp3) is 0.538. The zero-order valence-corrected chi connectivity index (χ0v) is 9.00. The van der Waals surface area contributed by atoms with E-state index in [2.05, 4.69) is 17.4 Å². The molecule has 2 nitrogen and oxygen atoms in total. The van der Waals surface area contributed by atoms with Crippen LogP contribution in [0.15, 0.2) is 18.2 Å². The summed E-state index contributed by atoms with van der Waals surface area (Å²) in [6.07, 6.45) is 5.32. The Hall–Kier alpha value is -1.02. The maximum Gasteiger partial charge on any atom is 0.0316 e. The van der Waals surface area contributed by atoms with E-state index in [1.165, 1.54) is 36.8 Å². The molecule has 0 spiro atoms. The van der Waals surface area contributed by atoms with Gasteiger partial charge < -0.3 is 11.1 Å². The second-order valence-electron chi connectivity index (χ2n) is 4.89. The first-order valence-electron chi connectivity index (χ1n) is 5.93. The van der Waals surface area contributed by atoms with Crippen LogP contribution >= 0.6 is 0 Å². The predicted molar refractivity (Wildman–Crippen MR) is 62.5 cm³/mol. The van der Waals surface area contributed by atoms with Crippen LogP contribution in [-0.4, -0.2) is 6.04 Å². The first-order chi connectivity index (χ1) is 7.33. The molecular formula is C13H18N2. The van der Waals surface area contributed by atoms with E-state index in [1.54, 1.807) is 0 Å². The molecule has 1 heterocycles. The molecule has 2 aliphatic rings. The number of nitrogens with one attached hydrogen (secondary N) is 1. The number of benzene rings is 1. The summed E-state index contributed by atoms with van der Waals surface area (Å²) in [5, 5.41) is 3.68. The number of nitrogen functional groups attached to an aromatic ring is 1. The molecule has 3 rings (SSSR count). The highest BCUT2D eigenvalue weighted by Crippen LogP contribution is 2.36. The highest BCUT2D eigenvalue weighted by molar-refractivity contribution is 5.45. The van der Waals surface area contributed by atoms with Gasteiger partial charge in [-0.25, -0.2) is 0 Å². The van der Waals surface area contributed by atoms with Crippen molar-refractivity contribution in [1.29, 1.82) is 0 Å². The molecule has 15 heavy (non-hydrogen) atoms. The number of fused-ring (bicyclic) bond motifs is 1. The fourth-order valence-corrected chi connectivity index (χ4v) is 2.61. The van der Waals surface area contributed by atoms with E-state index < -0.39 is 0 Å². The molecule has 0 aromatic heterocycles. The standard InChI is InChI=1S/C13H18N2/c14-12-5-3-11-8-15-13(9-1-2-9)6-4-10(11)7-12/h3,5,7,9,13,15H,1-2,4,6,8,14H2. The Morgan fingerprint density at radius 2 is 2.00 bits per heavy atom. The number of rotatable bonds is 1. The topological polar surface area (TPSA) is 38.0 Å². The maximum absolute atomic E-state index is 5.82. The normalized spacial score (nSPS) is 25.7. The van der Waals surface area contributed by atoms with E-state index in [4.69, 9.17) is 5.73 Å². The number of anilines is 1. The van der Waals surface area contributed by atoms with Crippen LogP contribution in [0.4, 0.5) is 5.69 Å². The summed E-state index contributed by atoms with van der Waals surface area (Å²) in [5.74, 6) is 0.955. The fourth-order valence-electron chi connectivity index (χ4n) is 2.61. The molecule has 0 bridgehead atoms. The molecule has 2 heteroatoms. The summed E-state index contributed by atoms with van der Waals surface area (Å²) in [7, 11) is 0. The molecule has 1 aromatic rings. The Labute approximate surface area is 90.9 Å². The number of aryl methyl sites for hydroxylation is 1. The van der Waals surface area contributed by atoms with Gasteiger partial charge in [0.1, 0.15) is 0 Å². The first kappa shape index (κ1) is 9.22. The van der Waals surface area contributed by atoms with Crippen LogP contribution in [0.2, 0.25) is 0 Å². The maximum atomic E-state index is 5.82. The summed E-state index contributed by atoms with van der Waals surface area (Å²) in [6, 6.07) is 7.08. The smallest absolute Gasteiger partial charge is 0.0316 e. The third kappa shape index (κ3) is 1.86. The van der Waals surface area contributed by atoms with E-state index in [1.807, 2.05) is 6.07 Å². The summed E-state index contributed by atoms with van der Waals surface area (Å²) in [5.41, 5.74) is 9.61. The molecule has 1 atom stereocenters. The molecule has 1 aromatic carbocycles. The van der Waals surface area contributed by atoms with Crippen molar-refractivity contribution >= 4 is 5.69 Å². The van der Waals surface area contributed by atoms with Crippen molar-refractivity contribution in [2.75, 3.05) is 5.73 Å². The summed E-state index contributed by atoms with van der Waals surface area (Å²) in [6.45, 7) is 1.02. The molecule has 0 saturated heterocycles. The molecule has 1 unspecified atom stereocenters. The van der Waals surface area contributed by atoms with E-state index in [9.17, 15) is 0 Å². The van der Waals surface area contributed by atoms with Crippen LogP contribution in [0.1, 0.15) is 30.4 Å². The average Bonchev–Trinajstić information content (AvgIpc) is 3.01.